The molecule has 0 spiro atoms. The highest BCUT2D eigenvalue weighted by Gasteiger charge is 2.31. The molecule has 4 aromatic rings. The summed E-state index contributed by atoms with van der Waals surface area (Å²) in [4.78, 5) is 16.1. The van der Waals surface area contributed by atoms with Gasteiger partial charge in [0, 0.05) is 30.7 Å². The quantitative estimate of drug-likeness (QED) is 0.222. The average Bonchev–Trinajstić information content (AvgIpc) is 3.12. The molecule has 0 fully saturated rings. The highest BCUT2D eigenvalue weighted by molar-refractivity contribution is 6.02. The molecule has 0 aliphatic heterocycles. The van der Waals surface area contributed by atoms with E-state index in [1.807, 2.05) is 44.2 Å². The fraction of sp³-hybridized carbons (Fsp3) is 0.214. The molecule has 6 nitrogen and oxygen atoms in total. The van der Waals surface area contributed by atoms with Crippen LogP contribution in [0.2, 0.25) is 0 Å². The number of nitrogens with zero attached hydrogens (tertiary/aromatic N) is 1. The Balaban J connectivity index is 1.73. The van der Waals surface area contributed by atoms with Gasteiger partial charge in [-0.3, -0.25) is 4.79 Å². The molecule has 0 saturated heterocycles. The Morgan fingerprint density at radius 2 is 1.69 bits per heavy atom. The van der Waals surface area contributed by atoms with E-state index in [1.54, 1.807) is 20.1 Å². The number of H-pyrrole nitrogens is 1. The summed E-state index contributed by atoms with van der Waals surface area (Å²) in [6.07, 6.45) is 0. The average molecular weight is 493 g/mol. The van der Waals surface area contributed by atoms with E-state index in [4.69, 9.17) is 4.74 Å². The zero-order valence-electron chi connectivity index (χ0n) is 20.7. The Hall–Kier alpha value is -4.20. The Morgan fingerprint density at radius 3 is 2.33 bits per heavy atom. The number of hydrogen-bond acceptors (Lipinski definition) is 3. The molecular formula is C28H28F2N3O3+. The van der Waals surface area contributed by atoms with Crippen LogP contribution in [0.1, 0.15) is 39.8 Å². The number of hydrogen-bond donors (Lipinski definition) is 3. The van der Waals surface area contributed by atoms with E-state index in [0.29, 0.717) is 22.8 Å². The van der Waals surface area contributed by atoms with E-state index in [0.717, 1.165) is 33.9 Å². The molecule has 0 saturated carbocycles. The summed E-state index contributed by atoms with van der Waals surface area (Å²) >= 11 is 0. The molecule has 1 amide bonds. The highest BCUT2D eigenvalue weighted by atomic mass is 19.3. The van der Waals surface area contributed by atoms with Crippen LogP contribution in [0.4, 0.5) is 14.5 Å². The molecule has 36 heavy (non-hydrogen) atoms. The summed E-state index contributed by atoms with van der Waals surface area (Å²) in [7, 11) is 1.60. The maximum Gasteiger partial charge on any atom is 0.327 e. The molecule has 3 aromatic carbocycles. The van der Waals surface area contributed by atoms with Crippen LogP contribution < -0.4 is 14.8 Å². The number of anilines is 1. The summed E-state index contributed by atoms with van der Waals surface area (Å²) in [5, 5.41) is 13.6. The van der Waals surface area contributed by atoms with E-state index < -0.39 is 11.8 Å². The molecule has 1 heterocycles. The number of aryl methyl sites for hydroxylation is 3. The Bertz CT molecular complexity index is 1430. The largest absolute Gasteiger partial charge is 0.496 e. The van der Waals surface area contributed by atoms with E-state index in [-0.39, 0.29) is 16.9 Å². The summed E-state index contributed by atoms with van der Waals surface area (Å²) in [6.45, 7) is 6.48. The molecule has 0 aliphatic carbocycles. The van der Waals surface area contributed by atoms with Crippen LogP contribution in [-0.2, 0) is 5.92 Å². The summed E-state index contributed by atoms with van der Waals surface area (Å²) in [6, 6.07) is 17.0. The third-order valence-electron chi connectivity index (χ3n) is 6.15. The number of aromatic amines is 1. The highest BCUT2D eigenvalue weighted by Crippen LogP contribution is 2.37. The lowest BCUT2D eigenvalue weighted by atomic mass is 9.93. The molecule has 0 bridgehead atoms. The minimum atomic E-state index is -3.05. The molecule has 4 rings (SSSR count). The second-order valence-corrected chi connectivity index (χ2v) is 8.86. The zero-order valence-corrected chi connectivity index (χ0v) is 20.7. The van der Waals surface area contributed by atoms with Gasteiger partial charge in [0.2, 0.25) is 0 Å². The lowest BCUT2D eigenvalue weighted by Crippen LogP contribution is -2.39. The third kappa shape index (κ3) is 4.66. The van der Waals surface area contributed by atoms with Crippen molar-refractivity contribution in [2.45, 2.75) is 33.6 Å². The van der Waals surface area contributed by atoms with Crippen LogP contribution in [0.25, 0.3) is 22.5 Å². The fourth-order valence-electron chi connectivity index (χ4n) is 4.37. The van der Waals surface area contributed by atoms with Crippen molar-refractivity contribution in [3.63, 3.8) is 0 Å². The number of rotatable bonds is 6. The second kappa shape index (κ2) is 9.45. The van der Waals surface area contributed by atoms with Crippen LogP contribution in [-0.4, -0.2) is 23.2 Å². The van der Waals surface area contributed by atoms with Crippen molar-refractivity contribution in [1.82, 2.24) is 4.98 Å². The van der Waals surface area contributed by atoms with Crippen molar-refractivity contribution in [2.24, 2.45) is 0 Å². The maximum atomic E-state index is 13.7. The summed E-state index contributed by atoms with van der Waals surface area (Å²) in [5.41, 5.74) is 5.00. The number of methoxy groups -OCH3 is 1. The van der Waals surface area contributed by atoms with E-state index in [2.05, 4.69) is 10.3 Å². The van der Waals surface area contributed by atoms with Crippen molar-refractivity contribution >= 4 is 11.6 Å². The van der Waals surface area contributed by atoms with Gasteiger partial charge in [0.05, 0.1) is 12.7 Å². The van der Waals surface area contributed by atoms with Crippen LogP contribution in [0, 0.1) is 20.8 Å². The Morgan fingerprint density at radius 1 is 1.03 bits per heavy atom. The first-order valence-electron chi connectivity index (χ1n) is 11.4. The second-order valence-electron chi connectivity index (χ2n) is 8.86. The number of alkyl halides is 2. The summed E-state index contributed by atoms with van der Waals surface area (Å²) in [5.74, 6) is -2.72. The van der Waals surface area contributed by atoms with Crippen LogP contribution in [0.3, 0.4) is 0 Å². The number of imidazole rings is 1. The van der Waals surface area contributed by atoms with Gasteiger partial charge in [0.25, 0.3) is 11.6 Å². The van der Waals surface area contributed by atoms with Gasteiger partial charge in [-0.15, -0.1) is 0 Å². The van der Waals surface area contributed by atoms with Gasteiger partial charge in [-0.05, 0) is 65.6 Å². The number of halogens is 2. The SMILES string of the molecule is COc1ccc(-c2[nH]c(C)c(C(=O)Nc3cccc(C(C)(F)F)c3)[n+]2O)cc1-c1c(C)cccc1C. The molecule has 1 aromatic heterocycles. The molecule has 3 N–H and O–H groups in total. The number of carbonyl (C=O) groups is 1. The monoisotopic (exact) mass is 492 g/mol. The summed E-state index contributed by atoms with van der Waals surface area (Å²) < 4.78 is 33.8. The van der Waals surface area contributed by atoms with Gasteiger partial charge in [0.15, 0.2) is 5.69 Å². The maximum absolute atomic E-state index is 13.7. The van der Waals surface area contributed by atoms with Crippen molar-refractivity contribution in [1.29, 1.82) is 0 Å². The zero-order chi connectivity index (χ0) is 26.2. The number of aromatic nitrogens is 2. The van der Waals surface area contributed by atoms with Crippen LogP contribution >= 0.6 is 0 Å². The van der Waals surface area contributed by atoms with Crippen LogP contribution in [0.5, 0.6) is 5.75 Å². The first-order chi connectivity index (χ1) is 17.0. The van der Waals surface area contributed by atoms with Gasteiger partial charge < -0.3 is 15.3 Å². The fourth-order valence-corrected chi connectivity index (χ4v) is 4.37. The Labute approximate surface area is 208 Å². The number of nitrogens with one attached hydrogen (secondary N) is 2. The van der Waals surface area contributed by atoms with Crippen molar-refractivity contribution in [3.8, 4) is 28.3 Å². The van der Waals surface area contributed by atoms with Crippen molar-refractivity contribution < 1.29 is 28.2 Å². The van der Waals surface area contributed by atoms with Gasteiger partial charge in [-0.1, -0.05) is 30.3 Å². The lowest BCUT2D eigenvalue weighted by molar-refractivity contribution is -0.896. The predicted molar refractivity (Wildman–Crippen MR) is 134 cm³/mol. The number of benzene rings is 3. The molecule has 0 unspecified atom stereocenters. The minimum absolute atomic E-state index is 0.0388. The van der Waals surface area contributed by atoms with E-state index >= 15 is 0 Å². The van der Waals surface area contributed by atoms with Crippen LogP contribution in [0.15, 0.2) is 60.7 Å². The molecular weight excluding hydrogens is 464 g/mol. The van der Waals surface area contributed by atoms with Gasteiger partial charge in [-0.2, -0.15) is 0 Å². The standard InChI is InChI=1S/C28H27F2N3O3/c1-16-8-6-9-17(2)24(16)22-14-19(12-13-23(22)36-5)26-31-18(3)25(33(26)35)27(34)32-21-11-7-10-20(15-21)28(4,29)30/h6-15,35H,1-5H3,(H,32,34)/p+1. The van der Waals surface area contributed by atoms with Gasteiger partial charge >= 0.3 is 11.7 Å². The number of carbonyl (C=O) groups excluding carboxylic acids is 1. The van der Waals surface area contributed by atoms with Crippen molar-refractivity contribution in [2.75, 3.05) is 12.4 Å². The number of ether oxygens (including phenoxy) is 1. The number of amides is 1. The molecule has 8 heteroatoms. The van der Waals surface area contributed by atoms with E-state index in [1.165, 1.54) is 24.3 Å². The van der Waals surface area contributed by atoms with Gasteiger partial charge in [-0.25, -0.2) is 13.8 Å². The lowest BCUT2D eigenvalue weighted by Gasteiger charge is -2.14. The minimum Gasteiger partial charge on any atom is -0.496 e. The topological polar surface area (TPSA) is 78.2 Å². The first-order valence-corrected chi connectivity index (χ1v) is 11.4. The molecule has 0 aliphatic rings. The third-order valence-corrected chi connectivity index (χ3v) is 6.15. The normalized spacial score (nSPS) is 11.4. The molecule has 0 atom stereocenters. The first kappa shape index (κ1) is 24.9. The predicted octanol–water partition coefficient (Wildman–Crippen LogP) is 6.17. The van der Waals surface area contributed by atoms with Crippen molar-refractivity contribution in [3.05, 3.63) is 88.7 Å². The van der Waals surface area contributed by atoms with E-state index in [9.17, 15) is 18.8 Å². The van der Waals surface area contributed by atoms with Gasteiger partial charge in [0.1, 0.15) is 5.75 Å². The molecule has 0 radical (unpaired) electrons. The molecule has 186 valence electrons. The Kier molecular flexibility index (Phi) is 6.54. The smallest absolute Gasteiger partial charge is 0.327 e.